The molecule has 32 heavy (non-hydrogen) atoms. The van der Waals surface area contributed by atoms with Crippen molar-refractivity contribution in [2.24, 2.45) is 5.10 Å². The molecule has 0 saturated carbocycles. The van der Waals surface area contributed by atoms with Crippen molar-refractivity contribution in [1.29, 1.82) is 0 Å². The van der Waals surface area contributed by atoms with E-state index < -0.39 is 5.91 Å². The van der Waals surface area contributed by atoms with Crippen LogP contribution in [0.5, 0.6) is 5.75 Å². The molecule has 0 saturated heterocycles. The molecule has 0 bridgehead atoms. The SMILES string of the molecule is CC=NN(C(=O)c1ccc(C(=O)N(CC)CC)s1)c1csc(-c2ccc(Cl)c(Cl)c2)c1O. The molecule has 0 fully saturated rings. The van der Waals surface area contributed by atoms with E-state index in [0.717, 1.165) is 16.3 Å². The molecule has 6 nitrogen and oxygen atoms in total. The Balaban J connectivity index is 1.94. The van der Waals surface area contributed by atoms with Crippen LogP contribution in [0.1, 0.15) is 40.1 Å². The third-order valence-corrected chi connectivity index (χ3v) is 7.46. The Hall–Kier alpha value is -2.39. The summed E-state index contributed by atoms with van der Waals surface area (Å²) >= 11 is 14.5. The number of hydrogen-bond acceptors (Lipinski definition) is 6. The number of rotatable bonds is 7. The number of hydrazone groups is 1. The maximum absolute atomic E-state index is 13.2. The third-order valence-electron chi connectivity index (χ3n) is 4.66. The molecule has 0 spiro atoms. The first kappa shape index (κ1) is 24.3. The third kappa shape index (κ3) is 4.83. The zero-order valence-corrected chi connectivity index (χ0v) is 20.8. The van der Waals surface area contributed by atoms with Gasteiger partial charge in [-0.3, -0.25) is 9.59 Å². The van der Waals surface area contributed by atoms with Crippen LogP contribution in [0.2, 0.25) is 10.0 Å². The van der Waals surface area contributed by atoms with E-state index in [4.69, 9.17) is 23.2 Å². The van der Waals surface area contributed by atoms with Gasteiger partial charge in [0.1, 0.15) is 5.69 Å². The van der Waals surface area contributed by atoms with Gasteiger partial charge in [-0.2, -0.15) is 10.1 Å². The van der Waals surface area contributed by atoms with E-state index in [0.29, 0.717) is 43.3 Å². The second-order valence-corrected chi connectivity index (χ2v) is 9.34. The molecule has 2 aromatic heterocycles. The first-order chi connectivity index (χ1) is 15.3. The van der Waals surface area contributed by atoms with Gasteiger partial charge in [0.25, 0.3) is 11.8 Å². The Morgan fingerprint density at radius 3 is 2.31 bits per heavy atom. The highest BCUT2D eigenvalue weighted by molar-refractivity contribution is 7.16. The molecule has 0 radical (unpaired) electrons. The topological polar surface area (TPSA) is 73.2 Å². The molecule has 2 amide bonds. The molecule has 0 aliphatic carbocycles. The van der Waals surface area contributed by atoms with Crippen molar-refractivity contribution in [3.05, 3.63) is 55.5 Å². The van der Waals surface area contributed by atoms with Crippen molar-refractivity contribution in [2.45, 2.75) is 20.8 Å². The summed E-state index contributed by atoms with van der Waals surface area (Å²) in [5.41, 5.74) is 0.911. The molecule has 10 heteroatoms. The van der Waals surface area contributed by atoms with Crippen molar-refractivity contribution in [2.75, 3.05) is 18.1 Å². The predicted octanol–water partition coefficient (Wildman–Crippen LogP) is 6.62. The summed E-state index contributed by atoms with van der Waals surface area (Å²) in [6, 6.07) is 8.28. The highest BCUT2D eigenvalue weighted by Crippen LogP contribution is 2.45. The second kappa shape index (κ2) is 10.5. The van der Waals surface area contributed by atoms with Gasteiger partial charge in [0.2, 0.25) is 0 Å². The van der Waals surface area contributed by atoms with E-state index in [-0.39, 0.29) is 17.3 Å². The van der Waals surface area contributed by atoms with Crippen LogP contribution in [0.4, 0.5) is 5.69 Å². The smallest absolute Gasteiger partial charge is 0.288 e. The molecule has 0 atom stereocenters. The van der Waals surface area contributed by atoms with Crippen LogP contribution in [0.15, 0.2) is 40.8 Å². The number of aromatic hydroxyl groups is 1. The number of amides is 2. The van der Waals surface area contributed by atoms with Crippen LogP contribution in [0, 0.1) is 0 Å². The van der Waals surface area contributed by atoms with Gasteiger partial charge in [0, 0.05) is 24.7 Å². The van der Waals surface area contributed by atoms with E-state index >= 15 is 0 Å². The number of anilines is 1. The standard InChI is InChI=1S/C22H21Cl2N3O3S2/c1-4-25-27(22(30)18-10-9-17(32-18)21(29)26(5-2)6-3)16-12-31-20(19(16)28)13-7-8-14(23)15(24)11-13/h4,7-12,28H,5-6H2,1-3H3. The number of halogens is 2. The van der Waals surface area contributed by atoms with Gasteiger partial charge in [-0.15, -0.1) is 22.7 Å². The Bertz CT molecular complexity index is 1170. The van der Waals surface area contributed by atoms with Crippen LogP contribution >= 0.6 is 45.9 Å². The van der Waals surface area contributed by atoms with Crippen LogP contribution in [0.3, 0.4) is 0 Å². The Morgan fingerprint density at radius 2 is 1.72 bits per heavy atom. The average Bonchev–Trinajstić information content (AvgIpc) is 3.42. The van der Waals surface area contributed by atoms with E-state index in [9.17, 15) is 14.7 Å². The highest BCUT2D eigenvalue weighted by Gasteiger charge is 2.26. The zero-order valence-electron chi connectivity index (χ0n) is 17.6. The first-order valence-electron chi connectivity index (χ1n) is 9.80. The van der Waals surface area contributed by atoms with E-state index in [1.807, 2.05) is 13.8 Å². The fourth-order valence-electron chi connectivity index (χ4n) is 3.01. The minimum atomic E-state index is -0.444. The van der Waals surface area contributed by atoms with Gasteiger partial charge in [0.15, 0.2) is 5.75 Å². The number of hydrogen-bond donors (Lipinski definition) is 1. The maximum atomic E-state index is 13.2. The number of carbonyl (C=O) groups is 2. The van der Waals surface area contributed by atoms with Gasteiger partial charge >= 0.3 is 0 Å². The highest BCUT2D eigenvalue weighted by atomic mass is 35.5. The number of thiophene rings is 2. The summed E-state index contributed by atoms with van der Waals surface area (Å²) in [4.78, 5) is 28.9. The van der Waals surface area contributed by atoms with Crippen molar-refractivity contribution < 1.29 is 14.7 Å². The summed E-state index contributed by atoms with van der Waals surface area (Å²) in [5.74, 6) is -0.659. The molecule has 3 aromatic rings. The lowest BCUT2D eigenvalue weighted by atomic mass is 10.1. The van der Waals surface area contributed by atoms with Crippen LogP contribution in [-0.2, 0) is 0 Å². The van der Waals surface area contributed by atoms with Gasteiger partial charge in [-0.25, -0.2) is 0 Å². The second-order valence-electron chi connectivity index (χ2n) is 6.56. The lowest BCUT2D eigenvalue weighted by Crippen LogP contribution is -2.29. The van der Waals surface area contributed by atoms with Crippen LogP contribution in [0.25, 0.3) is 10.4 Å². The number of nitrogens with zero attached hydrogens (tertiary/aromatic N) is 3. The van der Waals surface area contributed by atoms with Gasteiger partial charge in [-0.05, 0) is 50.6 Å². The van der Waals surface area contributed by atoms with Crippen LogP contribution in [-0.4, -0.2) is 41.1 Å². The summed E-state index contributed by atoms with van der Waals surface area (Å²) < 4.78 is 0. The quantitative estimate of drug-likeness (QED) is 0.287. The lowest BCUT2D eigenvalue weighted by molar-refractivity contribution is 0.0777. The van der Waals surface area contributed by atoms with Crippen molar-refractivity contribution in [1.82, 2.24) is 4.90 Å². The Labute approximate surface area is 204 Å². The molecule has 0 aliphatic rings. The Kier molecular flexibility index (Phi) is 7.95. The predicted molar refractivity (Wildman–Crippen MR) is 134 cm³/mol. The molecule has 2 heterocycles. The van der Waals surface area contributed by atoms with Crippen molar-refractivity contribution in [3.8, 4) is 16.2 Å². The molecular weight excluding hydrogens is 489 g/mol. The summed E-state index contributed by atoms with van der Waals surface area (Å²) in [6.07, 6.45) is 1.46. The summed E-state index contributed by atoms with van der Waals surface area (Å²) in [6.45, 7) is 6.66. The van der Waals surface area contributed by atoms with Gasteiger partial charge < -0.3 is 10.0 Å². The fraction of sp³-hybridized carbons (Fsp3) is 0.227. The molecule has 1 aromatic carbocycles. The normalized spacial score (nSPS) is 11.2. The molecule has 0 unspecified atom stereocenters. The van der Waals surface area contributed by atoms with E-state index in [1.54, 1.807) is 47.5 Å². The van der Waals surface area contributed by atoms with Gasteiger partial charge in [-0.1, -0.05) is 29.3 Å². The van der Waals surface area contributed by atoms with Gasteiger partial charge in [0.05, 0.1) is 24.7 Å². The molecular formula is C22H21Cl2N3O3S2. The van der Waals surface area contributed by atoms with Crippen molar-refractivity contribution >= 4 is 69.6 Å². The first-order valence-corrected chi connectivity index (χ1v) is 12.3. The lowest BCUT2D eigenvalue weighted by Gasteiger charge is -2.17. The van der Waals surface area contributed by atoms with Crippen LogP contribution < -0.4 is 5.01 Å². The molecule has 168 valence electrons. The minimum Gasteiger partial charge on any atom is -0.504 e. The summed E-state index contributed by atoms with van der Waals surface area (Å²) in [5, 5.41) is 18.6. The van der Waals surface area contributed by atoms with E-state index in [2.05, 4.69) is 5.10 Å². The fourth-order valence-corrected chi connectivity index (χ4v) is 5.13. The zero-order chi connectivity index (χ0) is 23.4. The maximum Gasteiger partial charge on any atom is 0.288 e. The largest absolute Gasteiger partial charge is 0.504 e. The average molecular weight is 510 g/mol. The molecule has 1 N–H and O–H groups in total. The van der Waals surface area contributed by atoms with Crippen molar-refractivity contribution in [3.63, 3.8) is 0 Å². The number of carbonyl (C=O) groups excluding carboxylic acids is 2. The Morgan fingerprint density at radius 1 is 1.06 bits per heavy atom. The molecule has 0 aliphatic heterocycles. The van der Waals surface area contributed by atoms with E-state index in [1.165, 1.54) is 17.6 Å². The summed E-state index contributed by atoms with van der Waals surface area (Å²) in [7, 11) is 0. The number of benzene rings is 1. The monoisotopic (exact) mass is 509 g/mol. The minimum absolute atomic E-state index is 0.0941. The molecule has 3 rings (SSSR count).